The molecule has 0 atom stereocenters. The fraction of sp³-hybridized carbons (Fsp3) is 0.300. The van der Waals surface area contributed by atoms with Crippen molar-refractivity contribution >= 4 is 17.3 Å². The van der Waals surface area contributed by atoms with Crippen LogP contribution in [0.2, 0.25) is 0 Å². The second kappa shape index (κ2) is 10.8. The van der Waals surface area contributed by atoms with Crippen molar-refractivity contribution in [3.8, 4) is 11.4 Å². The van der Waals surface area contributed by atoms with Gasteiger partial charge < -0.3 is 10.2 Å². The molecule has 0 aliphatic carbocycles. The second-order valence-electron chi connectivity index (χ2n) is 10.2. The highest BCUT2D eigenvalue weighted by Gasteiger charge is 2.37. The monoisotopic (exact) mass is 519 g/mol. The minimum atomic E-state index is -4.59. The molecule has 38 heavy (non-hydrogen) atoms. The fourth-order valence-electron chi connectivity index (χ4n) is 4.38. The molecule has 0 amide bonds. The van der Waals surface area contributed by atoms with Gasteiger partial charge in [-0.3, -0.25) is 0 Å². The summed E-state index contributed by atoms with van der Waals surface area (Å²) in [4.78, 5) is 15.2. The Kier molecular flexibility index (Phi) is 7.71. The number of benzene rings is 2. The van der Waals surface area contributed by atoms with Gasteiger partial charge in [0.05, 0.1) is 11.3 Å². The van der Waals surface area contributed by atoms with E-state index in [0.29, 0.717) is 37.6 Å². The molecule has 0 spiro atoms. The molecule has 5 nitrogen and oxygen atoms in total. The molecule has 0 bridgehead atoms. The molecule has 1 N–H and O–H groups in total. The van der Waals surface area contributed by atoms with Gasteiger partial charge in [-0.2, -0.15) is 13.2 Å². The van der Waals surface area contributed by atoms with Gasteiger partial charge in [-0.15, -0.1) is 0 Å². The van der Waals surface area contributed by atoms with Crippen LogP contribution in [0.15, 0.2) is 84.5 Å². The number of aliphatic imine (C=N–C) groups is 1. The Bertz CT molecular complexity index is 1340. The Morgan fingerprint density at radius 2 is 1.63 bits per heavy atom. The van der Waals surface area contributed by atoms with Crippen LogP contribution in [-0.2, 0) is 18.3 Å². The highest BCUT2D eigenvalue weighted by Crippen LogP contribution is 2.31. The average molecular weight is 520 g/mol. The van der Waals surface area contributed by atoms with Crippen molar-refractivity contribution in [1.29, 1.82) is 0 Å². The lowest BCUT2D eigenvalue weighted by molar-refractivity contribution is -0.0866. The molecule has 3 aromatic rings. The molecule has 4 rings (SSSR count). The van der Waals surface area contributed by atoms with E-state index in [1.54, 1.807) is 4.90 Å². The number of halogens is 3. The van der Waals surface area contributed by atoms with Gasteiger partial charge in [0.25, 0.3) is 0 Å². The molecule has 0 unspecified atom stereocenters. The summed E-state index contributed by atoms with van der Waals surface area (Å²) in [5.74, 6) is 0.992. The van der Waals surface area contributed by atoms with Gasteiger partial charge >= 0.3 is 6.18 Å². The maximum atomic E-state index is 13.5. The number of hydrogen-bond donors (Lipinski definition) is 1. The first-order valence-electron chi connectivity index (χ1n) is 12.5. The van der Waals surface area contributed by atoms with E-state index in [1.165, 1.54) is 5.56 Å². The smallest absolute Gasteiger partial charge is 0.355 e. The standard InChI is InChI=1S/C30H32F3N5/c1-6-34-28(20(2)30(31,32)33)38-18-16-24-25(17-19-38)36-26(21-10-8-7-9-11-21)37-27(24)35-23-14-12-22(13-15-23)29(3,4)5/h6-15H,1-2,16-19H2,3-5H3,(H,35,36,37). The lowest BCUT2D eigenvalue weighted by Gasteiger charge is -2.26. The Balaban J connectivity index is 1.71. The van der Waals surface area contributed by atoms with Gasteiger partial charge in [-0.05, 0) is 29.5 Å². The Labute approximate surface area is 221 Å². The quantitative estimate of drug-likeness (QED) is 0.285. The summed E-state index contributed by atoms with van der Waals surface area (Å²) < 4.78 is 40.6. The van der Waals surface area contributed by atoms with Gasteiger partial charge in [0.1, 0.15) is 11.7 Å². The van der Waals surface area contributed by atoms with E-state index < -0.39 is 11.7 Å². The number of nitrogens with one attached hydrogen (secondary N) is 1. The first kappa shape index (κ1) is 27.1. The van der Waals surface area contributed by atoms with Crippen molar-refractivity contribution in [1.82, 2.24) is 14.9 Å². The van der Waals surface area contributed by atoms with Crippen LogP contribution in [0.25, 0.3) is 11.4 Å². The fourth-order valence-corrected chi connectivity index (χ4v) is 4.38. The highest BCUT2D eigenvalue weighted by atomic mass is 19.4. The summed E-state index contributed by atoms with van der Waals surface area (Å²) in [7, 11) is 0. The summed E-state index contributed by atoms with van der Waals surface area (Å²) in [6.07, 6.45) is -2.61. The number of fused-ring (bicyclic) bond motifs is 1. The topological polar surface area (TPSA) is 53.4 Å². The lowest BCUT2D eigenvalue weighted by atomic mass is 9.87. The van der Waals surface area contributed by atoms with E-state index in [4.69, 9.17) is 9.97 Å². The van der Waals surface area contributed by atoms with E-state index >= 15 is 0 Å². The molecular weight excluding hydrogens is 487 g/mol. The number of alkyl halides is 3. The van der Waals surface area contributed by atoms with Gasteiger partial charge in [0.2, 0.25) is 0 Å². The molecule has 0 fully saturated rings. The number of aromatic nitrogens is 2. The third kappa shape index (κ3) is 6.13. The number of hydrogen-bond acceptors (Lipinski definition) is 4. The van der Waals surface area contributed by atoms with Crippen LogP contribution < -0.4 is 5.32 Å². The van der Waals surface area contributed by atoms with Crippen LogP contribution >= 0.6 is 0 Å². The molecule has 0 saturated carbocycles. The molecule has 1 aliphatic heterocycles. The normalized spacial score (nSPS) is 14.5. The van der Waals surface area contributed by atoms with E-state index in [2.05, 4.69) is 56.4 Å². The average Bonchev–Trinajstić information content (AvgIpc) is 3.09. The molecule has 0 radical (unpaired) electrons. The van der Waals surface area contributed by atoms with Crippen LogP contribution in [0.1, 0.15) is 37.6 Å². The van der Waals surface area contributed by atoms with Crippen LogP contribution in [0.3, 0.4) is 0 Å². The third-order valence-electron chi connectivity index (χ3n) is 6.51. The van der Waals surface area contributed by atoms with Crippen LogP contribution in [-0.4, -0.2) is 40.0 Å². The van der Waals surface area contributed by atoms with Crippen LogP contribution in [0.4, 0.5) is 24.7 Å². The number of anilines is 2. The molecule has 2 heterocycles. The van der Waals surface area contributed by atoms with Crippen molar-refractivity contribution in [2.24, 2.45) is 4.99 Å². The Hall–Kier alpha value is -3.94. The zero-order valence-corrected chi connectivity index (χ0v) is 21.9. The first-order valence-corrected chi connectivity index (χ1v) is 12.5. The maximum Gasteiger partial charge on any atom is 0.419 e. The number of nitrogens with zero attached hydrogens (tertiary/aromatic N) is 4. The molecular formula is C30H32F3N5. The summed E-state index contributed by atoms with van der Waals surface area (Å²) in [5, 5.41) is 3.45. The molecule has 8 heteroatoms. The number of rotatable bonds is 5. The van der Waals surface area contributed by atoms with E-state index in [1.807, 2.05) is 42.5 Å². The number of amidine groups is 1. The van der Waals surface area contributed by atoms with Gasteiger partial charge in [-0.25, -0.2) is 15.0 Å². The van der Waals surface area contributed by atoms with Crippen molar-refractivity contribution in [2.75, 3.05) is 18.4 Å². The van der Waals surface area contributed by atoms with Crippen LogP contribution in [0.5, 0.6) is 0 Å². The van der Waals surface area contributed by atoms with Crippen molar-refractivity contribution < 1.29 is 13.2 Å². The van der Waals surface area contributed by atoms with Crippen molar-refractivity contribution in [3.05, 3.63) is 96.3 Å². The summed E-state index contributed by atoms with van der Waals surface area (Å²) in [6, 6.07) is 17.9. The SMILES string of the molecule is C=CN=C(C(=C)C(F)(F)F)N1CCc2nc(-c3ccccc3)nc(Nc3ccc(C(C)(C)C)cc3)c2CC1. The highest BCUT2D eigenvalue weighted by molar-refractivity contribution is 5.99. The minimum Gasteiger partial charge on any atom is -0.355 e. The molecule has 0 saturated heterocycles. The van der Waals surface area contributed by atoms with E-state index in [-0.39, 0.29) is 11.3 Å². The lowest BCUT2D eigenvalue weighted by Crippen LogP contribution is -2.38. The Morgan fingerprint density at radius 1 is 0.974 bits per heavy atom. The van der Waals surface area contributed by atoms with Gasteiger partial charge in [0, 0.05) is 42.5 Å². The first-order chi connectivity index (χ1) is 18.0. The summed E-state index contributed by atoms with van der Waals surface area (Å²) in [6.45, 7) is 13.9. The minimum absolute atomic E-state index is 0.0274. The van der Waals surface area contributed by atoms with Crippen molar-refractivity contribution in [2.45, 2.75) is 45.2 Å². The summed E-state index contributed by atoms with van der Waals surface area (Å²) >= 11 is 0. The van der Waals surface area contributed by atoms with Gasteiger partial charge in [0.15, 0.2) is 5.82 Å². The van der Waals surface area contributed by atoms with Gasteiger partial charge in [-0.1, -0.05) is 76.4 Å². The van der Waals surface area contributed by atoms with Crippen molar-refractivity contribution in [3.63, 3.8) is 0 Å². The zero-order chi connectivity index (χ0) is 27.5. The van der Waals surface area contributed by atoms with Crippen LogP contribution in [0, 0.1) is 0 Å². The molecule has 1 aliphatic rings. The second-order valence-corrected chi connectivity index (χ2v) is 10.2. The molecule has 198 valence electrons. The molecule has 1 aromatic heterocycles. The third-order valence-corrected chi connectivity index (χ3v) is 6.51. The van der Waals surface area contributed by atoms with E-state index in [9.17, 15) is 13.2 Å². The van der Waals surface area contributed by atoms with E-state index in [0.717, 1.165) is 28.7 Å². The molecule has 2 aromatic carbocycles. The largest absolute Gasteiger partial charge is 0.419 e. The zero-order valence-electron chi connectivity index (χ0n) is 21.9. The Morgan fingerprint density at radius 3 is 2.24 bits per heavy atom. The summed E-state index contributed by atoms with van der Waals surface area (Å²) in [5.41, 5.74) is 3.66. The predicted molar refractivity (Wildman–Crippen MR) is 148 cm³/mol. The maximum absolute atomic E-state index is 13.5. The predicted octanol–water partition coefficient (Wildman–Crippen LogP) is 7.25.